The Labute approximate surface area is 102 Å². The molecule has 0 bridgehead atoms. The van der Waals surface area contributed by atoms with Crippen LogP contribution in [-0.2, 0) is 0 Å². The number of nitrogens with one attached hydrogen (secondary N) is 1. The highest BCUT2D eigenvalue weighted by Crippen LogP contribution is 2.09. The Hall–Kier alpha value is -2.83. The first kappa shape index (κ1) is 10.3. The predicted octanol–water partition coefficient (Wildman–Crippen LogP) is 0.616. The predicted molar refractivity (Wildman–Crippen MR) is 61.2 cm³/mol. The second-order valence-electron chi connectivity index (χ2n) is 3.45. The summed E-state index contributed by atoms with van der Waals surface area (Å²) >= 11 is 0. The Morgan fingerprint density at radius 1 is 1.11 bits per heavy atom. The van der Waals surface area contributed by atoms with Crippen molar-refractivity contribution in [3.63, 3.8) is 0 Å². The topological polar surface area (TPSA) is 89.4 Å². The van der Waals surface area contributed by atoms with Crippen molar-refractivity contribution in [1.82, 2.24) is 29.5 Å². The fraction of sp³-hybridized carbons (Fsp3) is 0. The number of nitrogens with zero attached hydrogens (tertiary/aromatic N) is 5. The monoisotopic (exact) mass is 240 g/mol. The zero-order valence-electron chi connectivity index (χ0n) is 9.19. The SMILES string of the molecule is O=C(c1ncc[nH]1)c1nccn1-c1cnccn1. The first-order chi connectivity index (χ1) is 8.86. The molecule has 0 aliphatic carbocycles. The first-order valence-electron chi connectivity index (χ1n) is 5.20. The number of aromatic nitrogens is 6. The van der Waals surface area contributed by atoms with Crippen LogP contribution in [0.2, 0.25) is 0 Å². The van der Waals surface area contributed by atoms with Crippen molar-refractivity contribution >= 4 is 5.78 Å². The van der Waals surface area contributed by atoms with Crippen LogP contribution in [0.15, 0.2) is 43.4 Å². The molecule has 7 heteroatoms. The van der Waals surface area contributed by atoms with Gasteiger partial charge in [0.2, 0.25) is 0 Å². The van der Waals surface area contributed by atoms with Crippen LogP contribution in [0.25, 0.3) is 5.82 Å². The molecule has 0 amide bonds. The van der Waals surface area contributed by atoms with Crippen LogP contribution in [-0.4, -0.2) is 35.3 Å². The standard InChI is InChI=1S/C11H8N6O/c18-9(10-14-3-4-15-10)11-16-5-6-17(11)8-7-12-1-2-13-8/h1-7H,(H,14,15). The Morgan fingerprint density at radius 3 is 2.78 bits per heavy atom. The molecule has 0 atom stereocenters. The molecule has 18 heavy (non-hydrogen) atoms. The molecule has 3 aromatic rings. The van der Waals surface area contributed by atoms with E-state index in [9.17, 15) is 4.79 Å². The van der Waals surface area contributed by atoms with Crippen LogP contribution in [0.3, 0.4) is 0 Å². The van der Waals surface area contributed by atoms with Crippen molar-refractivity contribution in [3.05, 3.63) is 55.0 Å². The number of aromatic amines is 1. The van der Waals surface area contributed by atoms with E-state index >= 15 is 0 Å². The molecule has 0 aromatic carbocycles. The molecule has 88 valence electrons. The van der Waals surface area contributed by atoms with Crippen molar-refractivity contribution in [2.75, 3.05) is 0 Å². The van der Waals surface area contributed by atoms with Gasteiger partial charge in [-0.25, -0.2) is 15.0 Å². The fourth-order valence-electron chi connectivity index (χ4n) is 1.57. The zero-order valence-corrected chi connectivity index (χ0v) is 9.19. The van der Waals surface area contributed by atoms with Gasteiger partial charge in [-0.2, -0.15) is 0 Å². The minimum Gasteiger partial charge on any atom is -0.342 e. The second-order valence-corrected chi connectivity index (χ2v) is 3.45. The summed E-state index contributed by atoms with van der Waals surface area (Å²) in [5.41, 5.74) is 0. The lowest BCUT2D eigenvalue weighted by Crippen LogP contribution is -2.12. The molecule has 3 rings (SSSR count). The van der Waals surface area contributed by atoms with Gasteiger partial charge < -0.3 is 4.98 Å². The van der Waals surface area contributed by atoms with Gasteiger partial charge in [0.25, 0.3) is 5.78 Å². The highest BCUT2D eigenvalue weighted by atomic mass is 16.1. The lowest BCUT2D eigenvalue weighted by molar-refractivity contribution is 0.101. The van der Waals surface area contributed by atoms with Gasteiger partial charge in [0.15, 0.2) is 17.5 Å². The average Bonchev–Trinajstić information content (AvgIpc) is 3.10. The van der Waals surface area contributed by atoms with E-state index in [0.717, 1.165) is 0 Å². The molecule has 3 heterocycles. The molecule has 0 fully saturated rings. The molecule has 0 radical (unpaired) electrons. The third kappa shape index (κ3) is 1.67. The molecule has 0 saturated carbocycles. The van der Waals surface area contributed by atoms with Crippen LogP contribution in [0.1, 0.15) is 16.4 Å². The summed E-state index contributed by atoms with van der Waals surface area (Å²) in [7, 11) is 0. The van der Waals surface area contributed by atoms with Gasteiger partial charge in [-0.15, -0.1) is 0 Å². The molecule has 0 saturated heterocycles. The molecule has 0 spiro atoms. The Balaban J connectivity index is 2.05. The van der Waals surface area contributed by atoms with Crippen molar-refractivity contribution < 1.29 is 4.79 Å². The Morgan fingerprint density at radius 2 is 2.06 bits per heavy atom. The number of carbonyl (C=O) groups excluding carboxylic acids is 1. The Bertz CT molecular complexity index is 658. The van der Waals surface area contributed by atoms with Gasteiger partial charge in [0.05, 0.1) is 6.20 Å². The second kappa shape index (κ2) is 4.21. The minimum atomic E-state index is -0.296. The smallest absolute Gasteiger partial charge is 0.263 e. The van der Waals surface area contributed by atoms with E-state index in [1.54, 1.807) is 35.6 Å². The summed E-state index contributed by atoms with van der Waals surface area (Å²) in [5, 5.41) is 0. The molecule has 7 nitrogen and oxygen atoms in total. The van der Waals surface area contributed by atoms with Crippen LogP contribution in [0.5, 0.6) is 0 Å². The highest BCUT2D eigenvalue weighted by Gasteiger charge is 2.18. The highest BCUT2D eigenvalue weighted by molar-refractivity contribution is 6.04. The van der Waals surface area contributed by atoms with Crippen LogP contribution in [0, 0.1) is 0 Å². The van der Waals surface area contributed by atoms with E-state index in [0.29, 0.717) is 5.82 Å². The van der Waals surface area contributed by atoms with Crippen molar-refractivity contribution in [2.24, 2.45) is 0 Å². The maximum Gasteiger partial charge on any atom is 0.263 e. The number of carbonyl (C=O) groups is 1. The third-order valence-electron chi connectivity index (χ3n) is 2.35. The third-order valence-corrected chi connectivity index (χ3v) is 2.35. The molecule has 0 aliphatic heterocycles. The van der Waals surface area contributed by atoms with Gasteiger partial charge >= 0.3 is 0 Å². The van der Waals surface area contributed by atoms with Gasteiger partial charge in [-0.05, 0) is 0 Å². The van der Waals surface area contributed by atoms with Crippen molar-refractivity contribution in [1.29, 1.82) is 0 Å². The largest absolute Gasteiger partial charge is 0.342 e. The van der Waals surface area contributed by atoms with E-state index in [1.807, 2.05) is 0 Å². The van der Waals surface area contributed by atoms with Crippen molar-refractivity contribution in [2.45, 2.75) is 0 Å². The Kier molecular flexibility index (Phi) is 2.41. The van der Waals surface area contributed by atoms with E-state index < -0.39 is 0 Å². The number of H-pyrrole nitrogens is 1. The van der Waals surface area contributed by atoms with E-state index in [1.165, 1.54) is 12.4 Å². The van der Waals surface area contributed by atoms with E-state index in [2.05, 4.69) is 24.9 Å². The normalized spacial score (nSPS) is 10.4. The molecule has 3 aromatic heterocycles. The van der Waals surface area contributed by atoms with Crippen LogP contribution < -0.4 is 0 Å². The van der Waals surface area contributed by atoms with Gasteiger partial charge in [-0.3, -0.25) is 14.3 Å². The van der Waals surface area contributed by atoms with Gasteiger partial charge in [-0.1, -0.05) is 0 Å². The molecular formula is C11H8N6O. The lowest BCUT2D eigenvalue weighted by atomic mass is 10.3. The van der Waals surface area contributed by atoms with Gasteiger partial charge in [0, 0.05) is 37.2 Å². The van der Waals surface area contributed by atoms with Gasteiger partial charge in [0.1, 0.15) is 0 Å². The maximum absolute atomic E-state index is 12.1. The first-order valence-corrected chi connectivity index (χ1v) is 5.20. The summed E-state index contributed by atoms with van der Waals surface area (Å²) in [6.07, 6.45) is 11.0. The zero-order chi connectivity index (χ0) is 12.4. The molecule has 0 unspecified atom stereocenters. The number of rotatable bonds is 3. The summed E-state index contributed by atoms with van der Waals surface area (Å²) in [5.74, 6) is 0.720. The average molecular weight is 240 g/mol. The van der Waals surface area contributed by atoms with Crippen molar-refractivity contribution in [3.8, 4) is 5.82 Å². The van der Waals surface area contributed by atoms with E-state index in [4.69, 9.17) is 0 Å². The lowest BCUT2D eigenvalue weighted by Gasteiger charge is -2.03. The molecule has 0 aliphatic rings. The fourth-order valence-corrected chi connectivity index (χ4v) is 1.57. The number of ketones is 1. The number of hydrogen-bond acceptors (Lipinski definition) is 5. The summed E-state index contributed by atoms with van der Waals surface area (Å²) in [6.45, 7) is 0. The van der Waals surface area contributed by atoms with E-state index in [-0.39, 0.29) is 17.4 Å². The van der Waals surface area contributed by atoms with Crippen LogP contribution >= 0.6 is 0 Å². The van der Waals surface area contributed by atoms with Crippen LogP contribution in [0.4, 0.5) is 0 Å². The molecule has 1 N–H and O–H groups in total. The quantitative estimate of drug-likeness (QED) is 0.678. The summed E-state index contributed by atoms with van der Waals surface area (Å²) in [6, 6.07) is 0. The number of imidazole rings is 2. The minimum absolute atomic E-state index is 0.241. The summed E-state index contributed by atoms with van der Waals surface area (Å²) in [4.78, 5) is 30.9. The number of hydrogen-bond donors (Lipinski definition) is 1. The molecular weight excluding hydrogens is 232 g/mol. The maximum atomic E-state index is 12.1. The summed E-state index contributed by atoms with van der Waals surface area (Å²) < 4.78 is 1.57.